The summed E-state index contributed by atoms with van der Waals surface area (Å²) in [6.45, 7) is 3.68. The molecule has 1 aliphatic rings. The normalized spacial score (nSPS) is 15.6. The highest BCUT2D eigenvalue weighted by atomic mass is 15.3. The number of fused-ring (bicyclic) bond motifs is 1. The first-order chi connectivity index (χ1) is 9.79. The van der Waals surface area contributed by atoms with E-state index in [4.69, 9.17) is 0 Å². The smallest absolute Gasteiger partial charge is 0.180 e. The van der Waals surface area contributed by atoms with E-state index in [1.165, 1.54) is 0 Å². The highest BCUT2D eigenvalue weighted by Crippen LogP contribution is 2.29. The molecule has 7 nitrogen and oxygen atoms in total. The zero-order valence-electron chi connectivity index (χ0n) is 11.0. The number of hydrogen-bond donors (Lipinski definition) is 1. The van der Waals surface area contributed by atoms with Crippen LogP contribution in [0.4, 0.5) is 5.82 Å². The Morgan fingerprint density at radius 2 is 2.00 bits per heavy atom. The number of aromatic amines is 1. The Hall–Kier alpha value is -2.57. The van der Waals surface area contributed by atoms with Crippen LogP contribution in [0.2, 0.25) is 0 Å². The Balaban J connectivity index is 1.54. The number of pyridine rings is 1. The third-order valence-electron chi connectivity index (χ3n) is 3.50. The molecule has 1 aliphatic heterocycles. The van der Waals surface area contributed by atoms with Crippen molar-refractivity contribution in [3.05, 3.63) is 36.2 Å². The van der Waals surface area contributed by atoms with Gasteiger partial charge in [0.2, 0.25) is 0 Å². The summed E-state index contributed by atoms with van der Waals surface area (Å²) in [5.41, 5.74) is 1.50. The molecule has 0 bridgehead atoms. The molecule has 20 heavy (non-hydrogen) atoms. The van der Waals surface area contributed by atoms with Gasteiger partial charge in [-0.05, 0) is 19.1 Å². The lowest BCUT2D eigenvalue weighted by Gasteiger charge is -2.38. The van der Waals surface area contributed by atoms with Crippen LogP contribution < -0.4 is 4.90 Å². The molecule has 100 valence electrons. The number of rotatable bonds is 2. The number of hydrogen-bond acceptors (Lipinski definition) is 6. The lowest BCUT2D eigenvalue weighted by molar-refractivity contribution is 0.498. The molecule has 1 N–H and O–H groups in total. The van der Waals surface area contributed by atoms with Gasteiger partial charge in [-0.25, -0.2) is 15.0 Å². The van der Waals surface area contributed by atoms with Gasteiger partial charge >= 0.3 is 0 Å². The average molecular weight is 267 g/mol. The molecule has 7 heteroatoms. The minimum absolute atomic E-state index is 0.374. The van der Waals surface area contributed by atoms with Crippen LogP contribution >= 0.6 is 0 Å². The van der Waals surface area contributed by atoms with Crippen molar-refractivity contribution in [3.8, 4) is 0 Å². The lowest BCUT2D eigenvalue weighted by Crippen LogP contribution is -2.46. The Morgan fingerprint density at radius 3 is 2.80 bits per heavy atom. The van der Waals surface area contributed by atoms with E-state index in [0.29, 0.717) is 11.6 Å². The molecule has 1 fully saturated rings. The quantitative estimate of drug-likeness (QED) is 0.747. The maximum Gasteiger partial charge on any atom is 0.180 e. The summed E-state index contributed by atoms with van der Waals surface area (Å²) in [6.07, 6.45) is 3.34. The maximum absolute atomic E-state index is 4.53. The van der Waals surface area contributed by atoms with Crippen molar-refractivity contribution < 1.29 is 0 Å². The van der Waals surface area contributed by atoms with Crippen molar-refractivity contribution in [1.82, 2.24) is 30.1 Å². The van der Waals surface area contributed by atoms with E-state index in [2.05, 4.69) is 35.0 Å². The van der Waals surface area contributed by atoms with Crippen LogP contribution in [0.3, 0.4) is 0 Å². The van der Waals surface area contributed by atoms with Crippen molar-refractivity contribution >= 4 is 17.0 Å². The lowest BCUT2D eigenvalue weighted by atomic mass is 9.99. The molecular weight excluding hydrogens is 254 g/mol. The van der Waals surface area contributed by atoms with E-state index < -0.39 is 0 Å². The van der Waals surface area contributed by atoms with Crippen LogP contribution in [-0.4, -0.2) is 43.2 Å². The largest absolute Gasteiger partial charge is 0.355 e. The molecule has 0 aromatic carbocycles. The average Bonchev–Trinajstić information content (AvgIpc) is 2.83. The Morgan fingerprint density at radius 1 is 1.15 bits per heavy atom. The number of anilines is 1. The molecule has 0 spiro atoms. The number of nitrogens with zero attached hydrogens (tertiary/aromatic N) is 6. The van der Waals surface area contributed by atoms with Crippen LogP contribution in [0.15, 0.2) is 24.5 Å². The summed E-state index contributed by atoms with van der Waals surface area (Å²) >= 11 is 0. The summed E-state index contributed by atoms with van der Waals surface area (Å²) in [5, 5.41) is 7.09. The number of aryl methyl sites for hydroxylation is 1. The van der Waals surface area contributed by atoms with Crippen molar-refractivity contribution in [2.24, 2.45) is 0 Å². The van der Waals surface area contributed by atoms with E-state index in [1.54, 1.807) is 12.4 Å². The summed E-state index contributed by atoms with van der Waals surface area (Å²) < 4.78 is 0. The second-order valence-corrected chi connectivity index (χ2v) is 4.95. The minimum atomic E-state index is 0.374. The third kappa shape index (κ3) is 1.78. The van der Waals surface area contributed by atoms with Gasteiger partial charge < -0.3 is 4.90 Å². The highest BCUT2D eigenvalue weighted by molar-refractivity contribution is 5.71. The van der Waals surface area contributed by atoms with Gasteiger partial charge in [0.1, 0.15) is 17.2 Å². The Kier molecular flexibility index (Phi) is 2.38. The SMILES string of the molecule is Cc1nc(C2CN(c3ccc4nccnc4n3)C2)n[nH]1. The molecule has 4 rings (SSSR count). The van der Waals surface area contributed by atoms with Gasteiger partial charge in [-0.15, -0.1) is 0 Å². The Labute approximate surface area is 115 Å². The second kappa shape index (κ2) is 4.22. The van der Waals surface area contributed by atoms with Crippen molar-refractivity contribution in [1.29, 1.82) is 0 Å². The fraction of sp³-hybridized carbons (Fsp3) is 0.308. The fourth-order valence-corrected chi connectivity index (χ4v) is 2.39. The summed E-state index contributed by atoms with van der Waals surface area (Å²) in [6, 6.07) is 3.94. The standard InChI is InChI=1S/C13H13N7/c1-8-16-12(19-18-8)9-6-20(7-9)11-3-2-10-13(17-11)15-5-4-14-10/h2-5,9H,6-7H2,1H3,(H,16,18,19). The molecule has 0 unspecified atom stereocenters. The van der Waals surface area contributed by atoms with Gasteiger partial charge in [0, 0.05) is 25.5 Å². The first kappa shape index (κ1) is 11.3. The molecule has 3 aromatic heterocycles. The first-order valence-corrected chi connectivity index (χ1v) is 6.51. The van der Waals surface area contributed by atoms with Gasteiger partial charge in [-0.1, -0.05) is 0 Å². The summed E-state index contributed by atoms with van der Waals surface area (Å²) in [7, 11) is 0. The molecular formula is C13H13N7. The number of nitrogens with one attached hydrogen (secondary N) is 1. The van der Waals surface area contributed by atoms with Crippen LogP contribution in [0.5, 0.6) is 0 Å². The predicted molar refractivity (Wildman–Crippen MR) is 73.4 cm³/mol. The monoisotopic (exact) mass is 267 g/mol. The summed E-state index contributed by atoms with van der Waals surface area (Å²) in [5.74, 6) is 3.05. The number of aromatic nitrogens is 6. The minimum Gasteiger partial charge on any atom is -0.355 e. The molecule has 3 aromatic rings. The van der Waals surface area contributed by atoms with E-state index >= 15 is 0 Å². The zero-order chi connectivity index (χ0) is 13.5. The van der Waals surface area contributed by atoms with Gasteiger partial charge in [0.25, 0.3) is 0 Å². The van der Waals surface area contributed by atoms with Crippen molar-refractivity contribution in [3.63, 3.8) is 0 Å². The van der Waals surface area contributed by atoms with Crippen LogP contribution in [-0.2, 0) is 0 Å². The van der Waals surface area contributed by atoms with Crippen LogP contribution in [0.1, 0.15) is 17.6 Å². The molecule has 0 radical (unpaired) electrons. The molecule has 1 saturated heterocycles. The van der Waals surface area contributed by atoms with E-state index in [9.17, 15) is 0 Å². The predicted octanol–water partition coefficient (Wildman–Crippen LogP) is 1.06. The Bertz CT molecular complexity index is 760. The van der Waals surface area contributed by atoms with Gasteiger partial charge in [-0.2, -0.15) is 5.10 Å². The molecule has 0 atom stereocenters. The third-order valence-corrected chi connectivity index (χ3v) is 3.50. The van der Waals surface area contributed by atoms with Gasteiger partial charge in [0.05, 0.1) is 5.92 Å². The molecule has 0 saturated carbocycles. The van der Waals surface area contributed by atoms with E-state index in [0.717, 1.165) is 36.1 Å². The van der Waals surface area contributed by atoms with E-state index in [1.807, 2.05) is 19.1 Å². The second-order valence-electron chi connectivity index (χ2n) is 4.95. The zero-order valence-corrected chi connectivity index (χ0v) is 11.0. The highest BCUT2D eigenvalue weighted by Gasteiger charge is 2.32. The van der Waals surface area contributed by atoms with Crippen LogP contribution in [0, 0.1) is 6.92 Å². The van der Waals surface area contributed by atoms with Gasteiger partial charge in [0.15, 0.2) is 11.5 Å². The number of H-pyrrole nitrogens is 1. The molecule has 0 amide bonds. The fourth-order valence-electron chi connectivity index (χ4n) is 2.39. The summed E-state index contributed by atoms with van der Waals surface area (Å²) in [4.78, 5) is 19.6. The topological polar surface area (TPSA) is 83.5 Å². The van der Waals surface area contributed by atoms with Crippen LogP contribution in [0.25, 0.3) is 11.2 Å². The first-order valence-electron chi connectivity index (χ1n) is 6.51. The van der Waals surface area contributed by atoms with Crippen molar-refractivity contribution in [2.75, 3.05) is 18.0 Å². The van der Waals surface area contributed by atoms with E-state index in [-0.39, 0.29) is 0 Å². The van der Waals surface area contributed by atoms with Gasteiger partial charge in [-0.3, -0.25) is 10.1 Å². The molecule has 0 aliphatic carbocycles. The maximum atomic E-state index is 4.53. The van der Waals surface area contributed by atoms with Crippen molar-refractivity contribution in [2.45, 2.75) is 12.8 Å². The molecule has 4 heterocycles.